The van der Waals surface area contributed by atoms with E-state index in [0.29, 0.717) is 35.0 Å². The Hall–Kier alpha value is -3.00. The summed E-state index contributed by atoms with van der Waals surface area (Å²) >= 11 is 1.24. The number of hydrogen-bond donors (Lipinski definition) is 2. The molecule has 0 bridgehead atoms. The van der Waals surface area contributed by atoms with Crippen molar-refractivity contribution in [1.82, 2.24) is 4.98 Å². The van der Waals surface area contributed by atoms with E-state index in [9.17, 15) is 14.0 Å². The molecule has 1 aliphatic rings. The van der Waals surface area contributed by atoms with Gasteiger partial charge in [0.2, 0.25) is 11.8 Å². The summed E-state index contributed by atoms with van der Waals surface area (Å²) in [5, 5.41) is 5.92. The van der Waals surface area contributed by atoms with Gasteiger partial charge in [-0.05, 0) is 36.6 Å². The summed E-state index contributed by atoms with van der Waals surface area (Å²) in [5.41, 5.74) is 2.15. The van der Waals surface area contributed by atoms with E-state index in [1.54, 1.807) is 12.1 Å². The second-order valence-electron chi connectivity index (χ2n) is 6.47. The van der Waals surface area contributed by atoms with Crippen molar-refractivity contribution in [2.24, 2.45) is 0 Å². The lowest BCUT2D eigenvalue weighted by Crippen LogP contribution is -2.18. The van der Waals surface area contributed by atoms with Gasteiger partial charge in [-0.2, -0.15) is 0 Å². The Kier molecular flexibility index (Phi) is 5.21. The summed E-state index contributed by atoms with van der Waals surface area (Å²) < 4.78 is 20.0. The highest BCUT2D eigenvalue weighted by Gasteiger charge is 2.15. The van der Waals surface area contributed by atoms with Crippen LogP contribution in [0.15, 0.2) is 36.4 Å². The Morgan fingerprint density at radius 2 is 2.18 bits per heavy atom. The fraction of sp³-hybridized carbons (Fsp3) is 0.250. The van der Waals surface area contributed by atoms with E-state index in [-0.39, 0.29) is 23.8 Å². The number of carbonyl (C=O) groups excluding carboxylic acids is 2. The van der Waals surface area contributed by atoms with Crippen LogP contribution in [0.1, 0.15) is 24.8 Å². The van der Waals surface area contributed by atoms with Gasteiger partial charge in [0.1, 0.15) is 17.1 Å². The molecule has 4 rings (SSSR count). The number of aromatic nitrogens is 1. The second-order valence-corrected chi connectivity index (χ2v) is 7.50. The van der Waals surface area contributed by atoms with Crippen LogP contribution in [0.5, 0.6) is 5.75 Å². The van der Waals surface area contributed by atoms with Crippen LogP contribution in [-0.2, 0) is 16.0 Å². The number of benzene rings is 2. The van der Waals surface area contributed by atoms with E-state index in [1.165, 1.54) is 17.4 Å². The van der Waals surface area contributed by atoms with E-state index >= 15 is 0 Å². The molecule has 0 unspecified atom stereocenters. The molecule has 144 valence electrons. The maximum Gasteiger partial charge on any atom is 0.226 e. The molecule has 0 saturated heterocycles. The van der Waals surface area contributed by atoms with Gasteiger partial charge in [-0.25, -0.2) is 9.37 Å². The average molecular weight is 399 g/mol. The third kappa shape index (κ3) is 4.12. The molecule has 28 heavy (non-hydrogen) atoms. The van der Waals surface area contributed by atoms with Crippen molar-refractivity contribution in [1.29, 1.82) is 0 Å². The Bertz CT molecular complexity index is 1050. The van der Waals surface area contributed by atoms with Crippen LogP contribution < -0.4 is 15.4 Å². The number of anilines is 2. The van der Waals surface area contributed by atoms with E-state index in [2.05, 4.69) is 15.6 Å². The molecule has 0 saturated carbocycles. The highest BCUT2D eigenvalue weighted by atomic mass is 32.1. The third-order valence-corrected chi connectivity index (χ3v) is 5.35. The highest BCUT2D eigenvalue weighted by Crippen LogP contribution is 2.28. The van der Waals surface area contributed by atoms with Crippen LogP contribution in [0.2, 0.25) is 0 Å². The molecule has 2 aromatic carbocycles. The maximum atomic E-state index is 13.7. The standard InChI is InChI=1S/C20H18FN3O3S/c21-14-3-1-4-16-19(14)24-20(28-16)23-17(25)5-2-10-27-13-8-6-12-7-9-18(26)22-15(12)11-13/h1,3-4,6,8,11H,2,5,7,9-10H2,(H,22,26)(H,23,24,25). The molecule has 6 nitrogen and oxygen atoms in total. The molecule has 2 N–H and O–H groups in total. The minimum absolute atomic E-state index is 0.0102. The maximum absolute atomic E-state index is 13.7. The number of halogens is 1. The number of nitrogens with one attached hydrogen (secondary N) is 2. The van der Waals surface area contributed by atoms with E-state index < -0.39 is 5.82 Å². The largest absolute Gasteiger partial charge is 0.494 e. The van der Waals surface area contributed by atoms with Gasteiger partial charge < -0.3 is 15.4 Å². The van der Waals surface area contributed by atoms with Crippen molar-refractivity contribution in [2.45, 2.75) is 25.7 Å². The Morgan fingerprint density at radius 1 is 1.29 bits per heavy atom. The van der Waals surface area contributed by atoms with Gasteiger partial charge in [0.15, 0.2) is 5.13 Å². The van der Waals surface area contributed by atoms with Crippen LogP contribution in [0, 0.1) is 5.82 Å². The predicted octanol–water partition coefficient (Wildman–Crippen LogP) is 4.12. The van der Waals surface area contributed by atoms with Gasteiger partial charge in [0, 0.05) is 24.6 Å². The summed E-state index contributed by atoms with van der Waals surface area (Å²) in [4.78, 5) is 27.7. The Balaban J connectivity index is 1.26. The van der Waals surface area contributed by atoms with Crippen LogP contribution in [0.3, 0.4) is 0 Å². The number of aryl methyl sites for hydroxylation is 1. The number of para-hydroxylation sites is 1. The molecule has 1 aromatic heterocycles. The van der Waals surface area contributed by atoms with Crippen LogP contribution >= 0.6 is 11.3 Å². The van der Waals surface area contributed by atoms with E-state index in [4.69, 9.17) is 4.74 Å². The molecular weight excluding hydrogens is 381 g/mol. The Morgan fingerprint density at radius 3 is 3.04 bits per heavy atom. The molecule has 0 fully saturated rings. The molecular formula is C20H18FN3O3S. The molecule has 2 amide bonds. The lowest BCUT2D eigenvalue weighted by molar-refractivity contribution is -0.117. The quantitative estimate of drug-likeness (QED) is 0.611. The van der Waals surface area contributed by atoms with Gasteiger partial charge >= 0.3 is 0 Å². The van der Waals surface area contributed by atoms with Gasteiger partial charge in [-0.3, -0.25) is 9.59 Å². The molecule has 3 aromatic rings. The summed E-state index contributed by atoms with van der Waals surface area (Å²) in [6.45, 7) is 0.370. The zero-order chi connectivity index (χ0) is 19.5. The van der Waals surface area contributed by atoms with Crippen LogP contribution in [0.4, 0.5) is 15.2 Å². The fourth-order valence-electron chi connectivity index (χ4n) is 3.01. The number of thiazole rings is 1. The van der Waals surface area contributed by atoms with Crippen molar-refractivity contribution in [3.8, 4) is 5.75 Å². The zero-order valence-electron chi connectivity index (χ0n) is 15.0. The minimum Gasteiger partial charge on any atom is -0.494 e. The lowest BCUT2D eigenvalue weighted by atomic mass is 10.0. The van der Waals surface area contributed by atoms with Crippen molar-refractivity contribution in [2.75, 3.05) is 17.2 Å². The first-order chi connectivity index (χ1) is 13.6. The zero-order valence-corrected chi connectivity index (χ0v) is 15.8. The van der Waals surface area contributed by atoms with Crippen molar-refractivity contribution < 1.29 is 18.7 Å². The predicted molar refractivity (Wildman–Crippen MR) is 106 cm³/mol. The van der Waals surface area contributed by atoms with E-state index in [0.717, 1.165) is 17.7 Å². The van der Waals surface area contributed by atoms with Crippen molar-refractivity contribution in [3.63, 3.8) is 0 Å². The fourth-order valence-corrected chi connectivity index (χ4v) is 3.91. The van der Waals surface area contributed by atoms with Crippen LogP contribution in [-0.4, -0.2) is 23.4 Å². The van der Waals surface area contributed by atoms with Crippen molar-refractivity contribution >= 4 is 44.2 Å². The normalized spacial score (nSPS) is 13.1. The first-order valence-corrected chi connectivity index (χ1v) is 9.80. The number of hydrogen-bond acceptors (Lipinski definition) is 5. The molecule has 2 heterocycles. The van der Waals surface area contributed by atoms with Gasteiger partial charge in [-0.15, -0.1) is 0 Å². The smallest absolute Gasteiger partial charge is 0.226 e. The topological polar surface area (TPSA) is 80.3 Å². The number of fused-ring (bicyclic) bond motifs is 2. The summed E-state index contributed by atoms with van der Waals surface area (Å²) in [7, 11) is 0. The summed E-state index contributed by atoms with van der Waals surface area (Å²) in [6.07, 6.45) is 2.02. The summed E-state index contributed by atoms with van der Waals surface area (Å²) in [5.74, 6) is 0.0729. The van der Waals surface area contributed by atoms with E-state index in [1.807, 2.05) is 18.2 Å². The van der Waals surface area contributed by atoms with Gasteiger partial charge in [0.25, 0.3) is 0 Å². The number of carbonyl (C=O) groups is 2. The molecule has 8 heteroatoms. The van der Waals surface area contributed by atoms with Crippen molar-refractivity contribution in [3.05, 3.63) is 47.8 Å². The van der Waals surface area contributed by atoms with Gasteiger partial charge in [0.05, 0.1) is 11.3 Å². The molecule has 0 radical (unpaired) electrons. The second kappa shape index (κ2) is 7.93. The number of ether oxygens (including phenoxy) is 1. The minimum atomic E-state index is -0.399. The Labute approximate surface area is 164 Å². The first kappa shape index (κ1) is 18.4. The third-order valence-electron chi connectivity index (χ3n) is 4.41. The number of nitrogens with zero attached hydrogens (tertiary/aromatic N) is 1. The van der Waals surface area contributed by atoms with Crippen LogP contribution in [0.25, 0.3) is 10.2 Å². The molecule has 0 spiro atoms. The average Bonchev–Trinajstić information content (AvgIpc) is 3.08. The molecule has 1 aliphatic heterocycles. The molecule has 0 aliphatic carbocycles. The highest BCUT2D eigenvalue weighted by molar-refractivity contribution is 7.22. The number of rotatable bonds is 6. The first-order valence-electron chi connectivity index (χ1n) is 8.99. The molecule has 0 atom stereocenters. The summed E-state index contributed by atoms with van der Waals surface area (Å²) in [6, 6.07) is 10.3. The monoisotopic (exact) mass is 399 g/mol. The SMILES string of the molecule is O=C(CCCOc1ccc2c(c1)NC(=O)CC2)Nc1nc2c(F)cccc2s1. The van der Waals surface area contributed by atoms with Gasteiger partial charge in [-0.1, -0.05) is 23.5 Å². The lowest BCUT2D eigenvalue weighted by Gasteiger charge is -2.17. The number of amides is 2.